The van der Waals surface area contributed by atoms with E-state index in [0.29, 0.717) is 5.41 Å². The molecule has 0 amide bonds. The first-order chi connectivity index (χ1) is 10.7. The molecule has 0 unspecified atom stereocenters. The molecule has 0 bridgehead atoms. The van der Waals surface area contributed by atoms with Crippen LogP contribution in [0.3, 0.4) is 0 Å². The molecule has 0 aliphatic carbocycles. The van der Waals surface area contributed by atoms with E-state index < -0.39 is 0 Å². The fourth-order valence-corrected chi connectivity index (χ4v) is 4.18. The van der Waals surface area contributed by atoms with Gasteiger partial charge in [-0.3, -0.25) is 0 Å². The summed E-state index contributed by atoms with van der Waals surface area (Å²) in [6.07, 6.45) is 3.30. The largest absolute Gasteiger partial charge is 0.0876 e. The van der Waals surface area contributed by atoms with E-state index >= 15 is 0 Å². The maximum absolute atomic E-state index is 6.03. The van der Waals surface area contributed by atoms with E-state index in [4.69, 9.17) is 11.6 Å². The van der Waals surface area contributed by atoms with Crippen LogP contribution in [0.2, 0.25) is 0 Å². The fourth-order valence-electron chi connectivity index (χ4n) is 3.17. The maximum atomic E-state index is 6.03. The summed E-state index contributed by atoms with van der Waals surface area (Å²) in [5.41, 5.74) is 5.26. The van der Waals surface area contributed by atoms with Crippen LogP contribution in [0.4, 0.5) is 0 Å². The molecular weight excluding hydrogens is 331 g/mol. The Balaban J connectivity index is 3.50. The molecule has 0 aliphatic rings. The Morgan fingerprint density at radius 2 is 1.12 bits per heavy atom. The third-order valence-electron chi connectivity index (χ3n) is 3.68. The zero-order valence-electron chi connectivity index (χ0n) is 17.2. The van der Waals surface area contributed by atoms with Gasteiger partial charge in [-0.2, -0.15) is 0 Å². The fraction of sp³-hybridized carbons (Fsp3) is 0.682. The minimum atomic E-state index is 0.274. The van der Waals surface area contributed by atoms with Crippen LogP contribution in [0.15, 0.2) is 12.1 Å². The van der Waals surface area contributed by atoms with Gasteiger partial charge in [0.1, 0.15) is 0 Å². The number of halogens is 1. The van der Waals surface area contributed by atoms with Gasteiger partial charge in [0.2, 0.25) is 0 Å². The lowest BCUT2D eigenvalue weighted by Crippen LogP contribution is -2.22. The van der Waals surface area contributed by atoms with E-state index in [-0.39, 0.29) is 10.8 Å². The van der Waals surface area contributed by atoms with E-state index in [9.17, 15) is 0 Å². The van der Waals surface area contributed by atoms with Gasteiger partial charge in [0.05, 0.1) is 0 Å². The minimum absolute atomic E-state index is 0.274. The van der Waals surface area contributed by atoms with E-state index in [1.54, 1.807) is 5.26 Å². The van der Waals surface area contributed by atoms with Crippen LogP contribution in [0, 0.1) is 16.2 Å². The first kappa shape index (κ1) is 21.7. The molecule has 0 fully saturated rings. The summed E-state index contributed by atoms with van der Waals surface area (Å²) in [7, 11) is 1.13. The second-order valence-corrected chi connectivity index (χ2v) is 12.2. The third kappa shape index (κ3) is 8.17. The van der Waals surface area contributed by atoms with Crippen molar-refractivity contribution in [2.45, 2.75) is 81.6 Å². The average Bonchev–Trinajstić information content (AvgIpc) is 2.27. The van der Waals surface area contributed by atoms with Crippen LogP contribution in [0.1, 0.15) is 79.0 Å². The Kier molecular flexibility index (Phi) is 7.17. The summed E-state index contributed by atoms with van der Waals surface area (Å²) in [5.74, 6) is 0. The van der Waals surface area contributed by atoms with Crippen LogP contribution in [-0.4, -0.2) is 5.26 Å². The average molecular weight is 367 g/mol. The molecule has 1 rings (SSSR count). The van der Waals surface area contributed by atoms with Crippen molar-refractivity contribution in [3.05, 3.63) is 28.8 Å². The lowest BCUT2D eigenvalue weighted by Gasteiger charge is -2.26. The maximum Gasteiger partial charge on any atom is 0.0322 e. The SMILES string of the molecule is CC(C)(C)Cc1cc(CC(C)(C)C)c(P=CCl)c(CC(C)(C)C)c1. The lowest BCUT2D eigenvalue weighted by atomic mass is 9.81. The summed E-state index contributed by atoms with van der Waals surface area (Å²) in [6.45, 7) is 20.9. The van der Waals surface area contributed by atoms with Crippen molar-refractivity contribution in [1.29, 1.82) is 0 Å². The van der Waals surface area contributed by atoms with Gasteiger partial charge in [0, 0.05) is 10.6 Å². The highest BCUT2D eigenvalue weighted by atomic mass is 35.5. The molecule has 0 aliphatic heterocycles. The Morgan fingerprint density at radius 3 is 1.42 bits per heavy atom. The highest BCUT2D eigenvalue weighted by Crippen LogP contribution is 2.29. The first-order valence-corrected chi connectivity index (χ1v) is 10.4. The van der Waals surface area contributed by atoms with Gasteiger partial charge in [-0.05, 0) is 52.2 Å². The minimum Gasteiger partial charge on any atom is -0.0876 e. The molecule has 136 valence electrons. The van der Waals surface area contributed by atoms with E-state index in [2.05, 4.69) is 74.4 Å². The number of hydrogen-bond donors (Lipinski definition) is 0. The van der Waals surface area contributed by atoms with Crippen LogP contribution in [0.5, 0.6) is 0 Å². The second-order valence-electron chi connectivity index (χ2n) is 10.7. The monoisotopic (exact) mass is 366 g/mol. The smallest absolute Gasteiger partial charge is 0.0322 e. The van der Waals surface area contributed by atoms with Gasteiger partial charge in [0.15, 0.2) is 0 Å². The van der Waals surface area contributed by atoms with Gasteiger partial charge in [-0.25, -0.2) is 0 Å². The van der Waals surface area contributed by atoms with Crippen LogP contribution in [-0.2, 0) is 19.3 Å². The topological polar surface area (TPSA) is 0 Å². The number of hydrogen-bond acceptors (Lipinski definition) is 0. The molecule has 0 spiro atoms. The highest BCUT2D eigenvalue weighted by Gasteiger charge is 2.21. The van der Waals surface area contributed by atoms with Crippen molar-refractivity contribution in [2.24, 2.45) is 16.2 Å². The Bertz CT molecular complexity index is 540. The molecule has 0 saturated heterocycles. The quantitative estimate of drug-likeness (QED) is 0.502. The van der Waals surface area contributed by atoms with Gasteiger partial charge >= 0.3 is 0 Å². The third-order valence-corrected chi connectivity index (χ3v) is 4.90. The number of rotatable bonds is 4. The Labute approximate surface area is 157 Å². The molecule has 0 radical (unpaired) electrons. The molecule has 0 aromatic heterocycles. The molecule has 0 atom stereocenters. The van der Waals surface area contributed by atoms with Crippen molar-refractivity contribution >= 4 is 30.4 Å². The molecule has 2 heteroatoms. The van der Waals surface area contributed by atoms with Gasteiger partial charge in [0.25, 0.3) is 0 Å². The summed E-state index contributed by atoms with van der Waals surface area (Å²) < 4.78 is 0. The molecule has 0 nitrogen and oxygen atoms in total. The van der Waals surface area contributed by atoms with Crippen molar-refractivity contribution in [1.82, 2.24) is 0 Å². The summed E-state index contributed by atoms with van der Waals surface area (Å²) in [6, 6.07) is 4.87. The summed E-state index contributed by atoms with van der Waals surface area (Å²) in [4.78, 5) is 0. The van der Waals surface area contributed by atoms with Crippen molar-refractivity contribution in [3.63, 3.8) is 0 Å². The zero-order chi connectivity index (χ0) is 18.8. The van der Waals surface area contributed by atoms with E-state index in [1.165, 1.54) is 22.0 Å². The van der Waals surface area contributed by atoms with Crippen LogP contribution >= 0.6 is 19.8 Å². The predicted octanol–water partition coefficient (Wildman–Crippen LogP) is 7.02. The molecule has 1 aromatic carbocycles. The van der Waals surface area contributed by atoms with E-state index in [1.807, 2.05) is 0 Å². The van der Waals surface area contributed by atoms with Crippen molar-refractivity contribution in [3.8, 4) is 0 Å². The zero-order valence-corrected chi connectivity index (χ0v) is 18.8. The van der Waals surface area contributed by atoms with Gasteiger partial charge in [-0.15, -0.1) is 0 Å². The molecular formula is C22H36ClP. The summed E-state index contributed by atoms with van der Waals surface area (Å²) in [5, 5.41) is 3.18. The van der Waals surface area contributed by atoms with Gasteiger partial charge in [-0.1, -0.05) is 94.3 Å². The van der Waals surface area contributed by atoms with Crippen LogP contribution < -0.4 is 5.30 Å². The lowest BCUT2D eigenvalue weighted by molar-refractivity contribution is 0.401. The van der Waals surface area contributed by atoms with Crippen molar-refractivity contribution in [2.75, 3.05) is 0 Å². The first-order valence-electron chi connectivity index (χ1n) is 8.98. The van der Waals surface area contributed by atoms with E-state index in [0.717, 1.165) is 27.5 Å². The predicted molar refractivity (Wildman–Crippen MR) is 114 cm³/mol. The Hall–Kier alpha value is -0.320. The molecule has 0 N–H and O–H groups in total. The van der Waals surface area contributed by atoms with Gasteiger partial charge < -0.3 is 0 Å². The molecule has 0 heterocycles. The van der Waals surface area contributed by atoms with Crippen LogP contribution in [0.25, 0.3) is 0 Å². The second kappa shape index (κ2) is 7.92. The highest BCUT2D eigenvalue weighted by molar-refractivity contribution is 7.51. The Morgan fingerprint density at radius 1 is 0.750 bits per heavy atom. The molecule has 1 aromatic rings. The standard InChI is InChI=1S/C22H36ClP/c1-20(2,3)12-16-10-17(13-21(4,5)6)19(24-15-23)18(11-16)14-22(7,8)9/h10-11,15H,12-14H2,1-9H3. The van der Waals surface area contributed by atoms with Crippen molar-refractivity contribution < 1.29 is 0 Å². The molecule has 24 heavy (non-hydrogen) atoms. The normalized spacial score (nSPS) is 13.8. The number of benzene rings is 1. The summed E-state index contributed by atoms with van der Waals surface area (Å²) >= 11 is 6.03. The molecule has 0 saturated carbocycles.